The van der Waals surface area contributed by atoms with Gasteiger partial charge >= 0.3 is 0 Å². The molecule has 0 saturated heterocycles. The standard InChI is InChI=1S/C22H18Cl2N2O3/c23-18-11-10-17(20(24)12-18)14-29-21-9-5-4-6-16(21)13-25-26-22(27)15-28-19-7-2-1-3-8-19/h1-13H,14-15H2,(H,26,27)/b25-13-. The van der Waals surface area contributed by atoms with E-state index in [9.17, 15) is 4.79 Å². The predicted octanol–water partition coefficient (Wildman–Crippen LogP) is 5.10. The van der Waals surface area contributed by atoms with Gasteiger partial charge in [0.25, 0.3) is 5.91 Å². The number of benzene rings is 3. The molecule has 1 N–H and O–H groups in total. The third-order valence-electron chi connectivity index (χ3n) is 3.82. The Labute approximate surface area is 178 Å². The highest BCUT2D eigenvalue weighted by Gasteiger charge is 2.06. The number of hydrogen-bond acceptors (Lipinski definition) is 4. The average Bonchev–Trinajstić information content (AvgIpc) is 2.73. The molecule has 0 heterocycles. The summed E-state index contributed by atoms with van der Waals surface area (Å²) < 4.78 is 11.2. The molecule has 0 aromatic heterocycles. The molecular formula is C22H18Cl2N2O3. The topological polar surface area (TPSA) is 59.9 Å². The molecule has 0 aliphatic heterocycles. The number of ether oxygens (including phenoxy) is 2. The average molecular weight is 429 g/mol. The summed E-state index contributed by atoms with van der Waals surface area (Å²) in [5.41, 5.74) is 3.96. The quantitative estimate of drug-likeness (QED) is 0.400. The molecule has 0 bridgehead atoms. The molecule has 7 heteroatoms. The second-order valence-corrected chi connectivity index (χ2v) is 6.80. The molecule has 0 saturated carbocycles. The zero-order valence-corrected chi connectivity index (χ0v) is 16.9. The molecule has 29 heavy (non-hydrogen) atoms. The van der Waals surface area contributed by atoms with Gasteiger partial charge in [-0.15, -0.1) is 0 Å². The number of nitrogens with zero attached hydrogens (tertiary/aromatic N) is 1. The summed E-state index contributed by atoms with van der Waals surface area (Å²) in [5, 5.41) is 5.07. The summed E-state index contributed by atoms with van der Waals surface area (Å²) in [6.45, 7) is 0.146. The lowest BCUT2D eigenvalue weighted by Gasteiger charge is -2.10. The summed E-state index contributed by atoms with van der Waals surface area (Å²) in [5.74, 6) is 0.861. The Hall–Kier alpha value is -3.02. The van der Waals surface area contributed by atoms with Gasteiger partial charge < -0.3 is 9.47 Å². The van der Waals surface area contributed by atoms with Crippen LogP contribution in [-0.4, -0.2) is 18.7 Å². The molecule has 3 aromatic carbocycles. The number of para-hydroxylation sites is 2. The van der Waals surface area contributed by atoms with Crippen molar-refractivity contribution >= 4 is 35.3 Å². The van der Waals surface area contributed by atoms with Crippen molar-refractivity contribution in [2.75, 3.05) is 6.61 Å². The van der Waals surface area contributed by atoms with Crippen LogP contribution in [0.1, 0.15) is 11.1 Å². The number of carbonyl (C=O) groups excluding carboxylic acids is 1. The number of rotatable bonds is 8. The zero-order chi connectivity index (χ0) is 20.5. The van der Waals surface area contributed by atoms with Gasteiger partial charge in [0.15, 0.2) is 6.61 Å². The van der Waals surface area contributed by atoms with Gasteiger partial charge in [-0.05, 0) is 36.4 Å². The first-order valence-electron chi connectivity index (χ1n) is 8.77. The SMILES string of the molecule is O=C(COc1ccccc1)N/N=C\c1ccccc1OCc1ccc(Cl)cc1Cl. The van der Waals surface area contributed by atoms with Crippen LogP contribution in [0.2, 0.25) is 10.0 Å². The third-order valence-corrected chi connectivity index (χ3v) is 4.41. The Morgan fingerprint density at radius 3 is 2.52 bits per heavy atom. The van der Waals surface area contributed by atoms with E-state index >= 15 is 0 Å². The van der Waals surface area contributed by atoms with Crippen molar-refractivity contribution in [3.63, 3.8) is 0 Å². The van der Waals surface area contributed by atoms with E-state index in [4.69, 9.17) is 32.7 Å². The molecule has 148 valence electrons. The van der Waals surface area contributed by atoms with Gasteiger partial charge in [-0.3, -0.25) is 4.79 Å². The van der Waals surface area contributed by atoms with Crippen molar-refractivity contribution in [1.82, 2.24) is 5.43 Å². The Morgan fingerprint density at radius 1 is 0.966 bits per heavy atom. The summed E-state index contributed by atoms with van der Waals surface area (Å²) >= 11 is 12.1. The van der Waals surface area contributed by atoms with Crippen molar-refractivity contribution in [1.29, 1.82) is 0 Å². The van der Waals surface area contributed by atoms with Crippen LogP contribution in [0.25, 0.3) is 0 Å². The van der Waals surface area contributed by atoms with E-state index in [2.05, 4.69) is 10.5 Å². The molecule has 0 atom stereocenters. The molecular weight excluding hydrogens is 411 g/mol. The van der Waals surface area contributed by atoms with E-state index in [0.717, 1.165) is 5.56 Å². The van der Waals surface area contributed by atoms with Crippen molar-refractivity contribution in [2.24, 2.45) is 5.10 Å². The van der Waals surface area contributed by atoms with Crippen LogP contribution >= 0.6 is 23.2 Å². The predicted molar refractivity (Wildman–Crippen MR) is 115 cm³/mol. The highest BCUT2D eigenvalue weighted by molar-refractivity contribution is 6.35. The summed E-state index contributed by atoms with van der Waals surface area (Å²) in [6.07, 6.45) is 1.51. The largest absolute Gasteiger partial charge is 0.488 e. The molecule has 3 rings (SSSR count). The fourth-order valence-electron chi connectivity index (χ4n) is 2.38. The minimum absolute atomic E-state index is 0.130. The van der Waals surface area contributed by atoms with Crippen LogP contribution in [0.15, 0.2) is 77.9 Å². The maximum atomic E-state index is 11.9. The summed E-state index contributed by atoms with van der Waals surface area (Å²) in [7, 11) is 0. The first-order chi connectivity index (χ1) is 14.1. The molecule has 0 aliphatic rings. The van der Waals surface area contributed by atoms with Gasteiger partial charge in [0, 0.05) is 21.2 Å². The first kappa shape index (κ1) is 20.7. The molecule has 0 unspecified atom stereocenters. The molecule has 0 spiro atoms. The van der Waals surface area contributed by atoms with Crippen molar-refractivity contribution < 1.29 is 14.3 Å². The van der Waals surface area contributed by atoms with Gasteiger partial charge in [-0.1, -0.05) is 59.6 Å². The molecule has 3 aromatic rings. The van der Waals surface area contributed by atoms with E-state index in [1.807, 2.05) is 48.5 Å². The van der Waals surface area contributed by atoms with E-state index in [1.165, 1.54) is 6.21 Å². The van der Waals surface area contributed by atoms with Gasteiger partial charge in [-0.2, -0.15) is 5.10 Å². The minimum atomic E-state index is -0.364. The number of carbonyl (C=O) groups is 1. The highest BCUT2D eigenvalue weighted by atomic mass is 35.5. The third kappa shape index (κ3) is 6.52. The number of halogens is 2. The zero-order valence-electron chi connectivity index (χ0n) is 15.3. The smallest absolute Gasteiger partial charge is 0.277 e. The van der Waals surface area contributed by atoms with Gasteiger partial charge in [-0.25, -0.2) is 5.43 Å². The van der Waals surface area contributed by atoms with Crippen LogP contribution in [0, 0.1) is 0 Å². The second kappa shape index (κ2) is 10.5. The van der Waals surface area contributed by atoms with Gasteiger partial charge in [0.1, 0.15) is 18.1 Å². The first-order valence-corrected chi connectivity index (χ1v) is 9.53. The van der Waals surface area contributed by atoms with Crippen molar-refractivity contribution in [3.8, 4) is 11.5 Å². The van der Waals surface area contributed by atoms with Crippen LogP contribution in [0.3, 0.4) is 0 Å². The van der Waals surface area contributed by atoms with Crippen molar-refractivity contribution in [3.05, 3.63) is 94.0 Å². The van der Waals surface area contributed by atoms with Crippen molar-refractivity contribution in [2.45, 2.75) is 6.61 Å². The fourth-order valence-corrected chi connectivity index (χ4v) is 2.85. The van der Waals surface area contributed by atoms with Crippen LogP contribution in [0.4, 0.5) is 0 Å². The van der Waals surface area contributed by atoms with Crippen LogP contribution < -0.4 is 14.9 Å². The molecule has 0 aliphatic carbocycles. The molecule has 0 radical (unpaired) electrons. The lowest BCUT2D eigenvalue weighted by atomic mass is 10.2. The lowest BCUT2D eigenvalue weighted by molar-refractivity contribution is -0.123. The molecule has 0 fully saturated rings. The maximum Gasteiger partial charge on any atom is 0.277 e. The number of nitrogens with one attached hydrogen (secondary N) is 1. The van der Waals surface area contributed by atoms with Crippen LogP contribution in [-0.2, 0) is 11.4 Å². The number of amides is 1. The fraction of sp³-hybridized carbons (Fsp3) is 0.0909. The van der Waals surface area contributed by atoms with E-state index < -0.39 is 0 Å². The minimum Gasteiger partial charge on any atom is -0.488 e. The van der Waals surface area contributed by atoms with Crippen LogP contribution in [0.5, 0.6) is 11.5 Å². The van der Waals surface area contributed by atoms with E-state index in [0.29, 0.717) is 27.1 Å². The Balaban J connectivity index is 1.54. The summed E-state index contributed by atoms with van der Waals surface area (Å²) in [6, 6.07) is 21.7. The number of hydrazone groups is 1. The maximum absolute atomic E-state index is 11.9. The highest BCUT2D eigenvalue weighted by Crippen LogP contribution is 2.23. The lowest BCUT2D eigenvalue weighted by Crippen LogP contribution is -2.24. The summed E-state index contributed by atoms with van der Waals surface area (Å²) in [4.78, 5) is 11.9. The Kier molecular flexibility index (Phi) is 7.50. The molecule has 1 amide bonds. The Morgan fingerprint density at radius 2 is 1.72 bits per heavy atom. The van der Waals surface area contributed by atoms with E-state index in [1.54, 1.807) is 24.3 Å². The normalized spacial score (nSPS) is 10.7. The van der Waals surface area contributed by atoms with Gasteiger partial charge in [0.05, 0.1) is 6.21 Å². The van der Waals surface area contributed by atoms with Gasteiger partial charge in [0.2, 0.25) is 0 Å². The number of hydrogen-bond donors (Lipinski definition) is 1. The Bertz CT molecular complexity index is 994. The second-order valence-electron chi connectivity index (χ2n) is 5.96. The van der Waals surface area contributed by atoms with E-state index in [-0.39, 0.29) is 19.1 Å². The molecule has 5 nitrogen and oxygen atoms in total. The monoisotopic (exact) mass is 428 g/mol.